The zero-order valence-corrected chi connectivity index (χ0v) is 13.2. The molecule has 0 saturated heterocycles. The number of carbonyl (C=O) groups excluding carboxylic acids is 1. The highest BCUT2D eigenvalue weighted by atomic mass is 28.3. The van der Waals surface area contributed by atoms with Crippen molar-refractivity contribution < 1.29 is 9.53 Å². The molecule has 0 aliphatic heterocycles. The number of hydrogen-bond donors (Lipinski definition) is 0. The summed E-state index contributed by atoms with van der Waals surface area (Å²) in [7, 11) is -1.89. The molecule has 0 saturated carbocycles. The summed E-state index contributed by atoms with van der Waals surface area (Å²) in [5, 5.41) is 1.24. The van der Waals surface area contributed by atoms with Crippen LogP contribution in [0, 0.1) is 12.3 Å². The van der Waals surface area contributed by atoms with Gasteiger partial charge in [-0.05, 0) is 25.5 Å². The van der Waals surface area contributed by atoms with Crippen LogP contribution in [0.25, 0.3) is 0 Å². The Morgan fingerprint density at radius 1 is 1.32 bits per heavy atom. The lowest BCUT2D eigenvalue weighted by Gasteiger charge is -2.30. The van der Waals surface area contributed by atoms with Crippen LogP contribution in [0.4, 0.5) is 0 Å². The molecule has 102 valence electrons. The van der Waals surface area contributed by atoms with Crippen LogP contribution in [0.3, 0.4) is 0 Å². The number of rotatable bonds is 5. The number of terminal acetylenes is 1. The fraction of sp³-hybridized carbons (Fsp3) is 0.438. The lowest BCUT2D eigenvalue weighted by atomic mass is 10.2. The first-order valence-corrected chi connectivity index (χ1v) is 9.78. The molecule has 0 aliphatic rings. The van der Waals surface area contributed by atoms with Crippen molar-refractivity contribution in [1.82, 2.24) is 0 Å². The van der Waals surface area contributed by atoms with Gasteiger partial charge in [0, 0.05) is 5.56 Å². The predicted octanol–water partition coefficient (Wildman–Crippen LogP) is 2.93. The molecule has 0 spiro atoms. The van der Waals surface area contributed by atoms with Crippen LogP contribution in [0.15, 0.2) is 24.3 Å². The SMILES string of the molecule is C#Cc1ccc([Si](C)(C)[C@@H](CC)C(=O)OCC)cc1. The average Bonchev–Trinajstić information content (AvgIpc) is 2.39. The third kappa shape index (κ3) is 3.48. The van der Waals surface area contributed by atoms with Crippen LogP contribution >= 0.6 is 0 Å². The van der Waals surface area contributed by atoms with Gasteiger partial charge in [0.25, 0.3) is 0 Å². The molecule has 0 amide bonds. The van der Waals surface area contributed by atoms with E-state index in [0.717, 1.165) is 12.0 Å². The lowest BCUT2D eigenvalue weighted by molar-refractivity contribution is -0.143. The summed E-state index contributed by atoms with van der Waals surface area (Å²) in [6.07, 6.45) is 6.18. The monoisotopic (exact) mass is 274 g/mol. The standard InChI is InChI=1S/C16H22O2Si/c1-6-13-9-11-14(12-10-13)19(4,5)15(7-2)16(17)18-8-3/h1,9-12,15H,7-8H2,2-5H3/t15-/m0/s1. The smallest absolute Gasteiger partial charge is 0.306 e. The van der Waals surface area contributed by atoms with Gasteiger partial charge in [0.15, 0.2) is 0 Å². The molecule has 19 heavy (non-hydrogen) atoms. The van der Waals surface area contributed by atoms with E-state index in [2.05, 4.69) is 31.1 Å². The van der Waals surface area contributed by atoms with Crippen molar-refractivity contribution in [2.24, 2.45) is 0 Å². The van der Waals surface area contributed by atoms with Crippen LogP contribution in [0.2, 0.25) is 18.6 Å². The first-order chi connectivity index (χ1) is 8.97. The second-order valence-corrected chi connectivity index (χ2v) is 9.87. The molecule has 0 unspecified atom stereocenters. The summed E-state index contributed by atoms with van der Waals surface area (Å²) in [4.78, 5) is 12.1. The molecule has 0 N–H and O–H groups in total. The average molecular weight is 274 g/mol. The van der Waals surface area contributed by atoms with Crippen molar-refractivity contribution in [2.75, 3.05) is 6.61 Å². The van der Waals surface area contributed by atoms with Crippen molar-refractivity contribution >= 4 is 19.2 Å². The summed E-state index contributed by atoms with van der Waals surface area (Å²) in [5.41, 5.74) is 0.863. The number of ether oxygens (including phenoxy) is 1. The number of carbonyl (C=O) groups is 1. The maximum Gasteiger partial charge on any atom is 0.306 e. The molecule has 1 aromatic carbocycles. The molecule has 0 bridgehead atoms. The quantitative estimate of drug-likeness (QED) is 0.469. The van der Waals surface area contributed by atoms with Gasteiger partial charge in [0.05, 0.1) is 20.2 Å². The Morgan fingerprint density at radius 3 is 2.32 bits per heavy atom. The highest BCUT2D eigenvalue weighted by Gasteiger charge is 2.38. The highest BCUT2D eigenvalue weighted by molar-refractivity contribution is 6.93. The summed E-state index contributed by atoms with van der Waals surface area (Å²) in [5.74, 6) is 2.55. The van der Waals surface area contributed by atoms with E-state index < -0.39 is 8.07 Å². The maximum atomic E-state index is 12.1. The lowest BCUT2D eigenvalue weighted by Crippen LogP contribution is -2.49. The largest absolute Gasteiger partial charge is 0.466 e. The van der Waals surface area contributed by atoms with Gasteiger partial charge in [0.2, 0.25) is 0 Å². The van der Waals surface area contributed by atoms with E-state index in [1.807, 2.05) is 26.0 Å². The minimum Gasteiger partial charge on any atom is -0.466 e. The van der Waals surface area contributed by atoms with Gasteiger partial charge < -0.3 is 4.74 Å². The predicted molar refractivity (Wildman–Crippen MR) is 82.2 cm³/mol. The van der Waals surface area contributed by atoms with E-state index in [9.17, 15) is 4.79 Å². The van der Waals surface area contributed by atoms with Gasteiger partial charge >= 0.3 is 5.97 Å². The minimum atomic E-state index is -1.89. The van der Waals surface area contributed by atoms with Crippen molar-refractivity contribution in [3.63, 3.8) is 0 Å². The van der Waals surface area contributed by atoms with E-state index in [0.29, 0.717) is 6.61 Å². The van der Waals surface area contributed by atoms with Gasteiger partial charge in [0.1, 0.15) is 0 Å². The molecule has 1 rings (SSSR count). The zero-order valence-electron chi connectivity index (χ0n) is 12.2. The van der Waals surface area contributed by atoms with E-state index in [1.54, 1.807) is 0 Å². The van der Waals surface area contributed by atoms with Crippen LogP contribution in [-0.2, 0) is 9.53 Å². The van der Waals surface area contributed by atoms with Crippen LogP contribution in [-0.4, -0.2) is 20.7 Å². The molecular weight excluding hydrogens is 252 g/mol. The van der Waals surface area contributed by atoms with E-state index >= 15 is 0 Å². The topological polar surface area (TPSA) is 26.3 Å². The summed E-state index contributed by atoms with van der Waals surface area (Å²) >= 11 is 0. The Kier molecular flexibility index (Phi) is 5.38. The molecule has 0 radical (unpaired) electrons. The molecule has 2 nitrogen and oxygen atoms in total. The maximum absolute atomic E-state index is 12.1. The van der Waals surface area contributed by atoms with Gasteiger partial charge in [-0.15, -0.1) is 6.42 Å². The zero-order chi connectivity index (χ0) is 14.5. The van der Waals surface area contributed by atoms with Crippen LogP contribution in [0.5, 0.6) is 0 Å². The fourth-order valence-electron chi connectivity index (χ4n) is 2.41. The molecular formula is C16H22O2Si. The molecule has 0 fully saturated rings. The molecule has 0 heterocycles. The Hall–Kier alpha value is -1.53. The molecule has 0 aliphatic carbocycles. The fourth-order valence-corrected chi connectivity index (χ4v) is 5.53. The van der Waals surface area contributed by atoms with E-state index in [4.69, 9.17) is 11.2 Å². The molecule has 1 atom stereocenters. The van der Waals surface area contributed by atoms with E-state index in [1.165, 1.54) is 5.19 Å². The third-order valence-corrected chi connectivity index (χ3v) is 7.85. The summed E-state index contributed by atoms with van der Waals surface area (Å²) in [6.45, 7) is 8.76. The first kappa shape index (κ1) is 15.5. The minimum absolute atomic E-state index is 0.0101. The molecule has 0 aromatic heterocycles. The van der Waals surface area contributed by atoms with Crippen LogP contribution < -0.4 is 5.19 Å². The van der Waals surface area contributed by atoms with Gasteiger partial charge in [-0.1, -0.05) is 43.3 Å². The Bertz CT molecular complexity index is 469. The molecule has 3 heteroatoms. The number of esters is 1. The van der Waals surface area contributed by atoms with Gasteiger partial charge in [-0.25, -0.2) is 0 Å². The van der Waals surface area contributed by atoms with Crippen LogP contribution in [0.1, 0.15) is 25.8 Å². The normalized spacial score (nSPS) is 12.6. The van der Waals surface area contributed by atoms with Crippen molar-refractivity contribution in [3.8, 4) is 12.3 Å². The van der Waals surface area contributed by atoms with Gasteiger partial charge in [-0.3, -0.25) is 4.79 Å². The highest BCUT2D eigenvalue weighted by Crippen LogP contribution is 2.27. The Morgan fingerprint density at radius 2 is 1.89 bits per heavy atom. The summed E-state index contributed by atoms with van der Waals surface area (Å²) in [6, 6.07) is 8.01. The second kappa shape index (κ2) is 6.58. The second-order valence-electron chi connectivity index (χ2n) is 5.16. The molecule has 1 aromatic rings. The van der Waals surface area contributed by atoms with Crippen molar-refractivity contribution in [3.05, 3.63) is 29.8 Å². The first-order valence-electron chi connectivity index (χ1n) is 6.71. The Labute approximate surface area is 117 Å². The third-order valence-electron chi connectivity index (χ3n) is 3.65. The number of hydrogen-bond acceptors (Lipinski definition) is 2. The number of benzene rings is 1. The Balaban J connectivity index is 3.05. The van der Waals surface area contributed by atoms with Gasteiger partial charge in [-0.2, -0.15) is 0 Å². The van der Waals surface area contributed by atoms with E-state index in [-0.39, 0.29) is 11.5 Å². The van der Waals surface area contributed by atoms with Crippen molar-refractivity contribution in [2.45, 2.75) is 38.9 Å². The summed E-state index contributed by atoms with van der Waals surface area (Å²) < 4.78 is 5.21. The van der Waals surface area contributed by atoms with Crippen molar-refractivity contribution in [1.29, 1.82) is 0 Å².